The van der Waals surface area contributed by atoms with Crippen molar-refractivity contribution in [2.75, 3.05) is 20.2 Å². The van der Waals surface area contributed by atoms with Crippen LogP contribution in [0.15, 0.2) is 35.8 Å². The quantitative estimate of drug-likeness (QED) is 0.847. The molecule has 21 heavy (non-hydrogen) atoms. The van der Waals surface area contributed by atoms with Crippen molar-refractivity contribution in [3.8, 4) is 10.9 Å². The summed E-state index contributed by atoms with van der Waals surface area (Å²) in [6.07, 6.45) is 2.19. The minimum absolute atomic E-state index is 0.0657. The van der Waals surface area contributed by atoms with Crippen molar-refractivity contribution in [1.29, 1.82) is 0 Å². The Balaban J connectivity index is 1.46. The Labute approximate surface area is 127 Å². The van der Waals surface area contributed by atoms with Gasteiger partial charge in [-0.25, -0.2) is 4.98 Å². The highest BCUT2D eigenvalue weighted by atomic mass is 32.1. The third-order valence-electron chi connectivity index (χ3n) is 3.39. The molecule has 1 fully saturated rings. The molecular weight excluding hydrogens is 288 g/mol. The predicted octanol–water partition coefficient (Wildman–Crippen LogP) is 1.98. The molecule has 1 saturated heterocycles. The lowest BCUT2D eigenvalue weighted by molar-refractivity contribution is -0.139. The first-order chi connectivity index (χ1) is 10.2. The van der Waals surface area contributed by atoms with E-state index in [0.29, 0.717) is 24.7 Å². The van der Waals surface area contributed by atoms with Crippen molar-refractivity contribution in [3.05, 3.63) is 41.4 Å². The lowest BCUT2D eigenvalue weighted by Crippen LogP contribution is -2.56. The van der Waals surface area contributed by atoms with Gasteiger partial charge in [0.05, 0.1) is 26.6 Å². The fraction of sp³-hybridized carbons (Fsp3) is 0.333. The molecule has 0 saturated carbocycles. The Kier molecular flexibility index (Phi) is 4.06. The van der Waals surface area contributed by atoms with Crippen LogP contribution in [0.5, 0.6) is 10.9 Å². The molecule has 0 bridgehead atoms. The number of hydrogen-bond acceptors (Lipinski definition) is 5. The largest absolute Gasteiger partial charge is 0.497 e. The van der Waals surface area contributed by atoms with E-state index in [1.165, 1.54) is 11.3 Å². The Morgan fingerprint density at radius 1 is 1.38 bits per heavy atom. The molecule has 110 valence electrons. The molecule has 6 heteroatoms. The molecule has 0 atom stereocenters. The van der Waals surface area contributed by atoms with Gasteiger partial charge in [-0.1, -0.05) is 23.5 Å². The van der Waals surface area contributed by atoms with Gasteiger partial charge in [0.25, 0.3) is 5.19 Å². The van der Waals surface area contributed by atoms with Crippen molar-refractivity contribution in [1.82, 2.24) is 9.88 Å². The van der Waals surface area contributed by atoms with Crippen LogP contribution in [0, 0.1) is 0 Å². The van der Waals surface area contributed by atoms with E-state index < -0.39 is 0 Å². The standard InChI is InChI=1S/C15H16N2O3S/c1-19-12-4-2-11(3-5-12)8-14(18)17-9-13(10-17)20-15-16-6-7-21-15/h2-7,13H,8-10H2,1H3. The maximum absolute atomic E-state index is 12.1. The number of benzene rings is 1. The van der Waals surface area contributed by atoms with E-state index in [1.54, 1.807) is 13.3 Å². The first-order valence-electron chi connectivity index (χ1n) is 6.71. The van der Waals surface area contributed by atoms with Crippen molar-refractivity contribution >= 4 is 17.2 Å². The molecule has 1 aromatic heterocycles. The molecule has 1 aliphatic rings. The second-order valence-corrected chi connectivity index (χ2v) is 5.72. The number of likely N-dealkylation sites (tertiary alicyclic amines) is 1. The van der Waals surface area contributed by atoms with Gasteiger partial charge in [0.1, 0.15) is 11.9 Å². The molecule has 2 aromatic rings. The zero-order valence-corrected chi connectivity index (χ0v) is 12.5. The van der Waals surface area contributed by atoms with Crippen LogP contribution in [0.4, 0.5) is 0 Å². The fourth-order valence-electron chi connectivity index (χ4n) is 2.16. The number of carbonyl (C=O) groups is 1. The fourth-order valence-corrected chi connectivity index (χ4v) is 2.71. The molecule has 2 heterocycles. The molecule has 3 rings (SSSR count). The Morgan fingerprint density at radius 2 is 2.14 bits per heavy atom. The molecule has 0 spiro atoms. The number of carbonyl (C=O) groups excluding carboxylic acids is 1. The molecule has 1 aliphatic heterocycles. The first-order valence-corrected chi connectivity index (χ1v) is 7.59. The SMILES string of the molecule is COc1ccc(CC(=O)N2CC(Oc3nccs3)C2)cc1. The Hall–Kier alpha value is -2.08. The van der Waals surface area contributed by atoms with Gasteiger partial charge in [-0.3, -0.25) is 4.79 Å². The van der Waals surface area contributed by atoms with Gasteiger partial charge in [0.15, 0.2) is 0 Å². The summed E-state index contributed by atoms with van der Waals surface area (Å²) in [6, 6.07) is 7.57. The summed E-state index contributed by atoms with van der Waals surface area (Å²) >= 11 is 1.47. The monoisotopic (exact) mass is 304 g/mol. The summed E-state index contributed by atoms with van der Waals surface area (Å²) in [5.74, 6) is 0.922. The molecule has 5 nitrogen and oxygen atoms in total. The highest BCUT2D eigenvalue weighted by Gasteiger charge is 2.32. The van der Waals surface area contributed by atoms with E-state index in [2.05, 4.69) is 4.98 Å². The number of thiazole rings is 1. The van der Waals surface area contributed by atoms with Gasteiger partial charge in [-0.05, 0) is 17.7 Å². The number of hydrogen-bond donors (Lipinski definition) is 0. The minimum atomic E-state index is 0.0657. The van der Waals surface area contributed by atoms with E-state index >= 15 is 0 Å². The maximum atomic E-state index is 12.1. The second-order valence-electron chi connectivity index (χ2n) is 4.86. The van der Waals surface area contributed by atoms with E-state index in [1.807, 2.05) is 34.5 Å². The van der Waals surface area contributed by atoms with Gasteiger partial charge >= 0.3 is 0 Å². The van der Waals surface area contributed by atoms with E-state index in [0.717, 1.165) is 11.3 Å². The lowest BCUT2D eigenvalue weighted by Gasteiger charge is -2.38. The molecule has 0 N–H and O–H groups in total. The van der Waals surface area contributed by atoms with Crippen molar-refractivity contribution in [2.24, 2.45) is 0 Å². The maximum Gasteiger partial charge on any atom is 0.273 e. The molecule has 1 aromatic carbocycles. The zero-order chi connectivity index (χ0) is 14.7. The average molecular weight is 304 g/mol. The van der Waals surface area contributed by atoms with Crippen molar-refractivity contribution in [3.63, 3.8) is 0 Å². The highest BCUT2D eigenvalue weighted by Crippen LogP contribution is 2.21. The third-order valence-corrected chi connectivity index (χ3v) is 4.05. The lowest BCUT2D eigenvalue weighted by atomic mass is 10.1. The molecular formula is C15H16N2O3S. The van der Waals surface area contributed by atoms with Gasteiger partial charge in [-0.2, -0.15) is 0 Å². The van der Waals surface area contributed by atoms with E-state index in [-0.39, 0.29) is 12.0 Å². The number of amides is 1. The van der Waals surface area contributed by atoms with Crippen molar-refractivity contribution in [2.45, 2.75) is 12.5 Å². The van der Waals surface area contributed by atoms with Crippen LogP contribution >= 0.6 is 11.3 Å². The highest BCUT2D eigenvalue weighted by molar-refractivity contribution is 7.11. The normalized spacial score (nSPS) is 14.6. The molecule has 0 unspecified atom stereocenters. The van der Waals surface area contributed by atoms with Crippen LogP contribution < -0.4 is 9.47 Å². The van der Waals surface area contributed by atoms with Gasteiger partial charge < -0.3 is 14.4 Å². The molecule has 1 amide bonds. The topological polar surface area (TPSA) is 51.7 Å². The summed E-state index contributed by atoms with van der Waals surface area (Å²) < 4.78 is 10.7. The minimum Gasteiger partial charge on any atom is -0.497 e. The number of rotatable bonds is 5. The summed E-state index contributed by atoms with van der Waals surface area (Å²) in [5, 5.41) is 2.54. The zero-order valence-electron chi connectivity index (χ0n) is 11.7. The summed E-state index contributed by atoms with van der Waals surface area (Å²) in [6.45, 7) is 1.27. The van der Waals surface area contributed by atoms with Gasteiger partial charge in [-0.15, -0.1) is 0 Å². The van der Waals surface area contributed by atoms with Gasteiger partial charge in [0, 0.05) is 11.6 Å². The van der Waals surface area contributed by atoms with Gasteiger partial charge in [0.2, 0.25) is 5.91 Å². The predicted molar refractivity (Wildman–Crippen MR) is 79.8 cm³/mol. The number of ether oxygens (including phenoxy) is 2. The summed E-state index contributed by atoms with van der Waals surface area (Å²) in [7, 11) is 1.63. The first kappa shape index (κ1) is 13.9. The number of nitrogens with zero attached hydrogens (tertiary/aromatic N) is 2. The van der Waals surface area contributed by atoms with Crippen LogP contribution in [0.1, 0.15) is 5.56 Å². The summed E-state index contributed by atoms with van der Waals surface area (Å²) in [5.41, 5.74) is 0.991. The Morgan fingerprint density at radius 3 is 2.76 bits per heavy atom. The summed E-state index contributed by atoms with van der Waals surface area (Å²) in [4.78, 5) is 18.0. The molecule has 0 radical (unpaired) electrons. The second kappa shape index (κ2) is 6.13. The van der Waals surface area contributed by atoms with Crippen LogP contribution in [0.2, 0.25) is 0 Å². The van der Waals surface area contributed by atoms with Crippen LogP contribution in [0.3, 0.4) is 0 Å². The van der Waals surface area contributed by atoms with E-state index in [9.17, 15) is 4.79 Å². The van der Waals surface area contributed by atoms with Crippen LogP contribution in [0.25, 0.3) is 0 Å². The number of methoxy groups -OCH3 is 1. The van der Waals surface area contributed by atoms with Crippen LogP contribution in [-0.2, 0) is 11.2 Å². The number of aromatic nitrogens is 1. The Bertz CT molecular complexity index is 592. The van der Waals surface area contributed by atoms with Crippen LogP contribution in [-0.4, -0.2) is 42.1 Å². The third kappa shape index (κ3) is 3.33. The molecule has 0 aliphatic carbocycles. The smallest absolute Gasteiger partial charge is 0.273 e. The van der Waals surface area contributed by atoms with E-state index in [4.69, 9.17) is 9.47 Å². The van der Waals surface area contributed by atoms with Crippen molar-refractivity contribution < 1.29 is 14.3 Å². The average Bonchev–Trinajstić information content (AvgIpc) is 2.96.